The Kier molecular flexibility index (Phi) is 3.47. The minimum absolute atomic E-state index is 0.122. The molecule has 0 radical (unpaired) electrons. The minimum Gasteiger partial charge on any atom is -0.480 e. The summed E-state index contributed by atoms with van der Waals surface area (Å²) in [5.74, 6) is -1.87. The lowest BCUT2D eigenvalue weighted by atomic mass is 10.0. The zero-order valence-electron chi connectivity index (χ0n) is 11.1. The fourth-order valence-electron chi connectivity index (χ4n) is 2.60. The van der Waals surface area contributed by atoms with E-state index >= 15 is 0 Å². The third-order valence-electron chi connectivity index (χ3n) is 3.72. The van der Waals surface area contributed by atoms with Gasteiger partial charge in [-0.3, -0.25) is 4.79 Å². The van der Waals surface area contributed by atoms with Crippen molar-refractivity contribution in [3.8, 4) is 0 Å². The van der Waals surface area contributed by atoms with Crippen LogP contribution in [-0.2, 0) is 11.8 Å². The number of nitro groups is 1. The summed E-state index contributed by atoms with van der Waals surface area (Å²) < 4.78 is 1.17. The van der Waals surface area contributed by atoms with Gasteiger partial charge in [0.1, 0.15) is 6.04 Å². The van der Waals surface area contributed by atoms with Gasteiger partial charge in [0, 0.05) is 12.6 Å². The summed E-state index contributed by atoms with van der Waals surface area (Å²) in [5.41, 5.74) is 0.122. The van der Waals surface area contributed by atoms with Gasteiger partial charge in [0.2, 0.25) is 0 Å². The number of aliphatic carboxylic acids is 1. The molecule has 1 aliphatic rings. The van der Waals surface area contributed by atoms with E-state index in [2.05, 4.69) is 0 Å². The Morgan fingerprint density at radius 1 is 1.45 bits per heavy atom. The molecule has 1 fully saturated rings. The van der Waals surface area contributed by atoms with Gasteiger partial charge in [0.25, 0.3) is 5.91 Å². The minimum atomic E-state index is -1.05. The normalized spacial score (nSPS) is 22.0. The summed E-state index contributed by atoms with van der Waals surface area (Å²) in [4.78, 5) is 35.1. The second-order valence-corrected chi connectivity index (χ2v) is 4.94. The number of hydrogen-bond donors (Lipinski definition) is 1. The first kappa shape index (κ1) is 14.0. The van der Waals surface area contributed by atoms with Crippen molar-refractivity contribution in [2.24, 2.45) is 13.0 Å². The van der Waals surface area contributed by atoms with Crippen LogP contribution >= 0.6 is 0 Å². The largest absolute Gasteiger partial charge is 0.480 e. The Balaban J connectivity index is 2.32. The highest BCUT2D eigenvalue weighted by Gasteiger charge is 2.41. The SMILES string of the molecule is CC1CCN(C(=O)c2ccc([N+](=O)[O-])n2C)C1C(=O)O. The van der Waals surface area contributed by atoms with E-state index in [9.17, 15) is 24.8 Å². The van der Waals surface area contributed by atoms with Crippen LogP contribution in [0.25, 0.3) is 0 Å². The number of carboxylic acids is 1. The van der Waals surface area contributed by atoms with Crippen LogP contribution in [0.2, 0.25) is 0 Å². The maximum absolute atomic E-state index is 12.4. The summed E-state index contributed by atoms with van der Waals surface area (Å²) in [6.07, 6.45) is 0.606. The smallest absolute Gasteiger partial charge is 0.326 e. The molecule has 2 heterocycles. The van der Waals surface area contributed by atoms with E-state index in [0.717, 1.165) is 0 Å². The van der Waals surface area contributed by atoms with Gasteiger partial charge in [-0.15, -0.1) is 0 Å². The highest BCUT2D eigenvalue weighted by molar-refractivity contribution is 5.96. The highest BCUT2D eigenvalue weighted by atomic mass is 16.6. The Morgan fingerprint density at radius 3 is 2.60 bits per heavy atom. The molecule has 1 aromatic heterocycles. The molecule has 0 aromatic carbocycles. The second kappa shape index (κ2) is 4.95. The third kappa shape index (κ3) is 2.13. The van der Waals surface area contributed by atoms with Crippen molar-refractivity contribution in [2.45, 2.75) is 19.4 Å². The lowest BCUT2D eigenvalue weighted by Gasteiger charge is -2.22. The van der Waals surface area contributed by atoms with Crippen molar-refractivity contribution in [3.05, 3.63) is 27.9 Å². The molecule has 1 aromatic rings. The number of nitrogens with zero attached hydrogens (tertiary/aromatic N) is 3. The van der Waals surface area contributed by atoms with Gasteiger partial charge in [0.15, 0.2) is 5.69 Å². The average molecular weight is 281 g/mol. The van der Waals surface area contributed by atoms with Crippen molar-refractivity contribution in [1.29, 1.82) is 0 Å². The van der Waals surface area contributed by atoms with E-state index in [1.807, 2.05) is 0 Å². The van der Waals surface area contributed by atoms with Crippen molar-refractivity contribution in [1.82, 2.24) is 9.47 Å². The van der Waals surface area contributed by atoms with Gasteiger partial charge in [-0.25, -0.2) is 9.36 Å². The number of amides is 1. The first-order valence-electron chi connectivity index (χ1n) is 6.18. The molecule has 2 unspecified atom stereocenters. The Morgan fingerprint density at radius 2 is 2.10 bits per heavy atom. The molecule has 0 aliphatic carbocycles. The van der Waals surface area contributed by atoms with E-state index in [4.69, 9.17) is 0 Å². The number of rotatable bonds is 3. The molecule has 0 bridgehead atoms. The van der Waals surface area contributed by atoms with Crippen LogP contribution in [0.4, 0.5) is 5.82 Å². The molecule has 1 N–H and O–H groups in total. The van der Waals surface area contributed by atoms with Crippen molar-refractivity contribution in [2.75, 3.05) is 6.54 Å². The maximum Gasteiger partial charge on any atom is 0.326 e. The van der Waals surface area contributed by atoms with Gasteiger partial charge in [0.05, 0.1) is 7.05 Å². The molecular weight excluding hydrogens is 266 g/mol. The molecule has 108 valence electrons. The van der Waals surface area contributed by atoms with Crippen molar-refractivity contribution in [3.63, 3.8) is 0 Å². The summed E-state index contributed by atoms with van der Waals surface area (Å²) in [7, 11) is 1.42. The van der Waals surface area contributed by atoms with Gasteiger partial charge in [-0.2, -0.15) is 0 Å². The van der Waals surface area contributed by atoms with E-state index in [1.54, 1.807) is 6.92 Å². The molecule has 1 amide bonds. The molecular formula is C12H15N3O5. The lowest BCUT2D eigenvalue weighted by molar-refractivity contribution is -0.391. The monoisotopic (exact) mass is 281 g/mol. The predicted octanol–water partition coefficient (Wildman–Crippen LogP) is 0.869. The molecule has 0 spiro atoms. The van der Waals surface area contributed by atoms with E-state index < -0.39 is 22.8 Å². The Labute approximate surface area is 114 Å². The van der Waals surface area contributed by atoms with Gasteiger partial charge < -0.3 is 20.1 Å². The van der Waals surface area contributed by atoms with Crippen molar-refractivity contribution < 1.29 is 19.6 Å². The van der Waals surface area contributed by atoms with Crippen LogP contribution in [-0.4, -0.2) is 44.0 Å². The lowest BCUT2D eigenvalue weighted by Crippen LogP contribution is -2.43. The zero-order chi connectivity index (χ0) is 15.0. The topological polar surface area (TPSA) is 106 Å². The third-order valence-corrected chi connectivity index (χ3v) is 3.72. The van der Waals surface area contributed by atoms with Crippen LogP contribution in [0.5, 0.6) is 0 Å². The molecule has 1 saturated heterocycles. The van der Waals surface area contributed by atoms with Crippen LogP contribution in [0.1, 0.15) is 23.8 Å². The summed E-state index contributed by atoms with van der Waals surface area (Å²) >= 11 is 0. The summed E-state index contributed by atoms with van der Waals surface area (Å²) in [6.45, 7) is 2.12. The number of hydrogen-bond acceptors (Lipinski definition) is 4. The fourth-order valence-corrected chi connectivity index (χ4v) is 2.60. The number of carboxylic acid groups (broad SMARTS) is 1. The second-order valence-electron chi connectivity index (χ2n) is 4.94. The van der Waals surface area contributed by atoms with Gasteiger partial charge >= 0.3 is 11.8 Å². The standard InChI is InChI=1S/C12H15N3O5/c1-7-5-6-14(10(7)12(17)18)11(16)8-3-4-9(13(8)2)15(19)20/h3-4,7,10H,5-6H2,1-2H3,(H,17,18). The number of likely N-dealkylation sites (tertiary alicyclic amines) is 1. The summed E-state index contributed by atoms with van der Waals surface area (Å²) in [5, 5.41) is 20.0. The number of carbonyl (C=O) groups is 2. The zero-order valence-corrected chi connectivity index (χ0v) is 11.1. The van der Waals surface area contributed by atoms with Crippen LogP contribution < -0.4 is 0 Å². The molecule has 2 atom stereocenters. The van der Waals surface area contributed by atoms with Crippen molar-refractivity contribution >= 4 is 17.7 Å². The fraction of sp³-hybridized carbons (Fsp3) is 0.500. The van der Waals surface area contributed by atoms with Gasteiger partial charge in [-0.1, -0.05) is 6.92 Å². The number of aromatic nitrogens is 1. The Hall–Kier alpha value is -2.38. The summed E-state index contributed by atoms with van der Waals surface area (Å²) in [6, 6.07) is 1.71. The maximum atomic E-state index is 12.4. The molecule has 8 heteroatoms. The molecule has 2 rings (SSSR count). The molecule has 1 aliphatic heterocycles. The van der Waals surface area contributed by atoms with Gasteiger partial charge in [-0.05, 0) is 23.3 Å². The molecule has 8 nitrogen and oxygen atoms in total. The van der Waals surface area contributed by atoms with E-state index in [0.29, 0.717) is 13.0 Å². The Bertz CT molecular complexity index is 580. The van der Waals surface area contributed by atoms with Crippen LogP contribution in [0.15, 0.2) is 12.1 Å². The molecule has 0 saturated carbocycles. The van der Waals surface area contributed by atoms with E-state index in [1.165, 1.54) is 28.6 Å². The van der Waals surface area contributed by atoms with E-state index in [-0.39, 0.29) is 17.4 Å². The first-order chi connectivity index (χ1) is 9.34. The molecule has 20 heavy (non-hydrogen) atoms. The first-order valence-corrected chi connectivity index (χ1v) is 6.18. The average Bonchev–Trinajstić information content (AvgIpc) is 2.91. The van der Waals surface area contributed by atoms with Crippen LogP contribution in [0.3, 0.4) is 0 Å². The highest BCUT2D eigenvalue weighted by Crippen LogP contribution is 2.27. The number of carbonyl (C=O) groups excluding carboxylic acids is 1. The quantitative estimate of drug-likeness (QED) is 0.653. The predicted molar refractivity (Wildman–Crippen MR) is 68.3 cm³/mol. The van der Waals surface area contributed by atoms with Crippen LogP contribution in [0, 0.1) is 16.0 Å².